The number of benzene rings is 2. The molecular weight excluding hydrogens is 671 g/mol. The van der Waals surface area contributed by atoms with Crippen LogP contribution >= 0.6 is 0 Å². The summed E-state index contributed by atoms with van der Waals surface area (Å²) in [6.07, 6.45) is -4.81. The summed E-state index contributed by atoms with van der Waals surface area (Å²) < 4.78 is 41.9. The molecule has 0 fully saturated rings. The van der Waals surface area contributed by atoms with Crippen LogP contribution in [0.4, 0.5) is 13.2 Å². The molecule has 0 aliphatic heterocycles. The standard InChI is InChI=1S/C36H50F3N5O7/c1-7-22(6)32(34(48)44-31(21(4)5)35(49)50)43-29(46)19-26(40)27(17-23-12-9-8-10-13-23)41-33(47)30(20(2)3)42-28(45)18-24-14-11-15-25(16-24)51-36(37,38)39/h8-16,20-22,26-27,30-32H,7,17-19,40H2,1-6H3,(H,41,47)(H,42,45)(H,43,46)(H,44,48)(H,49,50)/t22-,26-,27-,30?,31?,32-/m0/s1. The normalized spacial score (nSPS) is 15.1. The van der Waals surface area contributed by atoms with Crippen molar-refractivity contribution in [1.29, 1.82) is 0 Å². The minimum Gasteiger partial charge on any atom is -0.480 e. The Labute approximate surface area is 296 Å². The number of carboxylic acids is 1. The molecule has 51 heavy (non-hydrogen) atoms. The molecule has 0 saturated heterocycles. The molecule has 0 bridgehead atoms. The Morgan fingerprint density at radius 3 is 1.88 bits per heavy atom. The van der Waals surface area contributed by atoms with E-state index in [9.17, 15) is 42.3 Å². The number of carbonyl (C=O) groups is 5. The number of alkyl halides is 3. The molecule has 6 atom stereocenters. The van der Waals surface area contributed by atoms with Gasteiger partial charge in [-0.2, -0.15) is 0 Å². The first-order valence-corrected chi connectivity index (χ1v) is 16.9. The van der Waals surface area contributed by atoms with E-state index in [-0.39, 0.29) is 30.7 Å². The molecule has 12 nitrogen and oxygen atoms in total. The van der Waals surface area contributed by atoms with Crippen LogP contribution < -0.4 is 31.7 Å². The van der Waals surface area contributed by atoms with Gasteiger partial charge in [0.25, 0.3) is 0 Å². The first-order chi connectivity index (χ1) is 23.8. The van der Waals surface area contributed by atoms with Crippen molar-refractivity contribution in [3.8, 4) is 5.75 Å². The zero-order valence-electron chi connectivity index (χ0n) is 29.8. The van der Waals surface area contributed by atoms with Gasteiger partial charge in [-0.15, -0.1) is 13.2 Å². The van der Waals surface area contributed by atoms with Gasteiger partial charge < -0.3 is 36.8 Å². The number of hydrogen-bond donors (Lipinski definition) is 6. The van der Waals surface area contributed by atoms with E-state index in [0.717, 1.165) is 17.7 Å². The molecular formula is C36H50F3N5O7. The predicted molar refractivity (Wildman–Crippen MR) is 184 cm³/mol. The van der Waals surface area contributed by atoms with Gasteiger partial charge in [-0.1, -0.05) is 90.4 Å². The first kappa shape index (κ1) is 42.5. The van der Waals surface area contributed by atoms with E-state index >= 15 is 0 Å². The minimum absolute atomic E-state index is 0.218. The summed E-state index contributed by atoms with van der Waals surface area (Å²) >= 11 is 0. The second-order valence-corrected chi connectivity index (χ2v) is 13.3. The van der Waals surface area contributed by atoms with Crippen LogP contribution in [0.5, 0.6) is 5.75 Å². The number of halogens is 3. The van der Waals surface area contributed by atoms with Gasteiger partial charge in [0.1, 0.15) is 23.9 Å². The summed E-state index contributed by atoms with van der Waals surface area (Å²) in [4.78, 5) is 64.8. The van der Waals surface area contributed by atoms with E-state index in [2.05, 4.69) is 26.0 Å². The van der Waals surface area contributed by atoms with E-state index in [1.54, 1.807) is 46.8 Å². The molecule has 282 valence electrons. The second kappa shape index (κ2) is 19.7. The molecule has 0 heterocycles. The van der Waals surface area contributed by atoms with Crippen LogP contribution in [0.3, 0.4) is 0 Å². The summed E-state index contributed by atoms with van der Waals surface area (Å²) in [5, 5.41) is 20.3. The van der Waals surface area contributed by atoms with Crippen molar-refractivity contribution in [3.05, 3.63) is 65.7 Å². The molecule has 2 unspecified atom stereocenters. The number of carboxylic acid groups (broad SMARTS) is 1. The Bertz CT molecular complexity index is 1470. The second-order valence-electron chi connectivity index (χ2n) is 13.3. The third-order valence-electron chi connectivity index (χ3n) is 8.37. The van der Waals surface area contributed by atoms with Crippen LogP contribution in [0.1, 0.15) is 65.5 Å². The van der Waals surface area contributed by atoms with Gasteiger partial charge >= 0.3 is 12.3 Å². The summed E-state index contributed by atoms with van der Waals surface area (Å²) in [5.41, 5.74) is 7.58. The maximum Gasteiger partial charge on any atom is 0.573 e. The van der Waals surface area contributed by atoms with Crippen molar-refractivity contribution >= 4 is 29.6 Å². The first-order valence-electron chi connectivity index (χ1n) is 16.9. The van der Waals surface area contributed by atoms with E-state index in [0.29, 0.717) is 6.42 Å². The summed E-state index contributed by atoms with van der Waals surface area (Å²) in [6, 6.07) is 8.99. The summed E-state index contributed by atoms with van der Waals surface area (Å²) in [6.45, 7) is 10.3. The lowest BCUT2D eigenvalue weighted by Crippen LogP contribution is -2.58. The lowest BCUT2D eigenvalue weighted by molar-refractivity contribution is -0.274. The number of nitrogens with one attached hydrogen (secondary N) is 4. The average Bonchev–Trinajstić information content (AvgIpc) is 3.03. The third kappa shape index (κ3) is 14.6. The van der Waals surface area contributed by atoms with Gasteiger partial charge in [0.2, 0.25) is 23.6 Å². The minimum atomic E-state index is -4.90. The quantitative estimate of drug-likeness (QED) is 0.127. The van der Waals surface area contributed by atoms with Gasteiger partial charge in [0.05, 0.1) is 6.42 Å². The van der Waals surface area contributed by atoms with Gasteiger partial charge in [-0.3, -0.25) is 19.2 Å². The highest BCUT2D eigenvalue weighted by atomic mass is 19.4. The number of ether oxygens (including phenoxy) is 1. The number of hydrogen-bond acceptors (Lipinski definition) is 7. The summed E-state index contributed by atoms with van der Waals surface area (Å²) in [5.74, 6) is -5.28. The Balaban J connectivity index is 2.21. The van der Waals surface area contributed by atoms with Crippen molar-refractivity contribution in [3.63, 3.8) is 0 Å². The van der Waals surface area contributed by atoms with Crippen LogP contribution in [0.25, 0.3) is 0 Å². The average molecular weight is 722 g/mol. The molecule has 7 N–H and O–H groups in total. The van der Waals surface area contributed by atoms with Gasteiger partial charge in [0, 0.05) is 18.5 Å². The SMILES string of the molecule is CC[C@H](C)[C@H](NC(=O)C[C@H](N)[C@H](Cc1ccccc1)NC(=O)C(NC(=O)Cc1cccc(OC(F)(F)F)c1)C(C)C)C(=O)NC(C(=O)O)C(C)C. The molecule has 0 spiro atoms. The van der Waals surface area contributed by atoms with Crippen molar-refractivity contribution in [2.45, 2.75) is 104 Å². The molecule has 2 aromatic rings. The number of amides is 4. The Kier molecular flexibility index (Phi) is 16.4. The monoisotopic (exact) mass is 721 g/mol. The third-order valence-corrected chi connectivity index (χ3v) is 8.37. The van der Waals surface area contributed by atoms with Gasteiger partial charge in [0.15, 0.2) is 0 Å². The van der Waals surface area contributed by atoms with Gasteiger partial charge in [-0.05, 0) is 47.4 Å². The van der Waals surface area contributed by atoms with Crippen LogP contribution in [0.15, 0.2) is 54.6 Å². The molecule has 15 heteroatoms. The summed E-state index contributed by atoms with van der Waals surface area (Å²) in [7, 11) is 0. The highest BCUT2D eigenvalue weighted by Gasteiger charge is 2.34. The fourth-order valence-corrected chi connectivity index (χ4v) is 5.29. The number of aliphatic carboxylic acids is 1. The number of rotatable bonds is 19. The van der Waals surface area contributed by atoms with E-state index < -0.39 is 83.8 Å². The van der Waals surface area contributed by atoms with Crippen LogP contribution in [0, 0.1) is 17.8 Å². The van der Waals surface area contributed by atoms with Crippen LogP contribution in [-0.2, 0) is 36.8 Å². The van der Waals surface area contributed by atoms with Crippen molar-refractivity contribution in [1.82, 2.24) is 21.3 Å². The zero-order valence-corrected chi connectivity index (χ0v) is 29.8. The Hall–Kier alpha value is -4.66. The van der Waals surface area contributed by atoms with Crippen molar-refractivity contribution < 1.29 is 47.0 Å². The Morgan fingerprint density at radius 2 is 1.33 bits per heavy atom. The Morgan fingerprint density at radius 1 is 0.765 bits per heavy atom. The topological polar surface area (TPSA) is 189 Å². The smallest absolute Gasteiger partial charge is 0.480 e. The molecule has 2 rings (SSSR count). The van der Waals surface area contributed by atoms with Crippen LogP contribution in [-0.4, -0.2) is 71.3 Å². The molecule has 0 saturated carbocycles. The molecule has 0 aliphatic carbocycles. The maximum atomic E-state index is 13.7. The molecule has 0 radical (unpaired) electrons. The van der Waals surface area contributed by atoms with E-state index in [1.807, 2.05) is 25.1 Å². The molecule has 2 aromatic carbocycles. The van der Waals surface area contributed by atoms with E-state index in [1.165, 1.54) is 12.1 Å². The van der Waals surface area contributed by atoms with Crippen LogP contribution in [0.2, 0.25) is 0 Å². The highest BCUT2D eigenvalue weighted by Crippen LogP contribution is 2.23. The zero-order chi connectivity index (χ0) is 38.5. The fourth-order valence-electron chi connectivity index (χ4n) is 5.29. The van der Waals surface area contributed by atoms with E-state index in [4.69, 9.17) is 5.73 Å². The number of carbonyl (C=O) groups excluding carboxylic acids is 4. The number of nitrogens with two attached hydrogens (primary N) is 1. The lowest BCUT2D eigenvalue weighted by Gasteiger charge is -2.30. The highest BCUT2D eigenvalue weighted by molar-refractivity contribution is 5.91. The van der Waals surface area contributed by atoms with Gasteiger partial charge in [-0.25, -0.2) is 4.79 Å². The largest absolute Gasteiger partial charge is 0.573 e. The molecule has 0 aliphatic rings. The van der Waals surface area contributed by atoms with Crippen molar-refractivity contribution in [2.24, 2.45) is 23.5 Å². The molecule has 0 aromatic heterocycles. The predicted octanol–water partition coefficient (Wildman–Crippen LogP) is 3.47. The lowest BCUT2D eigenvalue weighted by atomic mass is 9.94. The fraction of sp³-hybridized carbons (Fsp3) is 0.528. The van der Waals surface area contributed by atoms with Crippen molar-refractivity contribution in [2.75, 3.05) is 0 Å². The maximum absolute atomic E-state index is 13.7. The molecule has 4 amide bonds.